The van der Waals surface area contributed by atoms with E-state index < -0.39 is 5.97 Å². The lowest BCUT2D eigenvalue weighted by Crippen LogP contribution is -2.39. The Labute approximate surface area is 117 Å². The fourth-order valence-corrected chi connectivity index (χ4v) is 1.77. The van der Waals surface area contributed by atoms with Crippen LogP contribution in [0.25, 0.3) is 0 Å². The largest absolute Gasteiger partial charge is 0.481 e. The molecule has 2 amide bonds. The number of urea groups is 1. The fourth-order valence-electron chi connectivity index (χ4n) is 1.57. The van der Waals surface area contributed by atoms with Crippen LogP contribution < -0.4 is 5.32 Å². The lowest BCUT2D eigenvalue weighted by molar-refractivity contribution is -0.136. The van der Waals surface area contributed by atoms with Gasteiger partial charge in [-0.05, 0) is 24.6 Å². The maximum Gasteiger partial charge on any atom is 0.317 e. The van der Waals surface area contributed by atoms with Gasteiger partial charge in [0.25, 0.3) is 0 Å². The highest BCUT2D eigenvalue weighted by atomic mass is 35.5. The van der Waals surface area contributed by atoms with Gasteiger partial charge in [-0.2, -0.15) is 0 Å². The molecule has 2 N–H and O–H groups in total. The monoisotopic (exact) mass is 284 g/mol. The second-order valence-electron chi connectivity index (χ2n) is 4.22. The van der Waals surface area contributed by atoms with Crippen LogP contribution in [0.3, 0.4) is 0 Å². The van der Waals surface area contributed by atoms with E-state index in [9.17, 15) is 9.59 Å². The van der Waals surface area contributed by atoms with Crippen LogP contribution in [0.1, 0.15) is 24.9 Å². The van der Waals surface area contributed by atoms with Crippen molar-refractivity contribution in [1.29, 1.82) is 0 Å². The highest BCUT2D eigenvalue weighted by Gasteiger charge is 2.17. The van der Waals surface area contributed by atoms with Crippen LogP contribution in [0.4, 0.5) is 4.79 Å². The Hall–Kier alpha value is -1.75. The summed E-state index contributed by atoms with van der Waals surface area (Å²) in [5.74, 6) is -0.939. The van der Waals surface area contributed by atoms with Gasteiger partial charge in [0.05, 0.1) is 12.5 Å². The number of benzene rings is 1. The molecule has 0 bridgehead atoms. The first-order chi connectivity index (χ1) is 8.91. The van der Waals surface area contributed by atoms with E-state index in [1.54, 1.807) is 19.2 Å². The molecule has 6 heteroatoms. The van der Waals surface area contributed by atoms with Gasteiger partial charge in [0.1, 0.15) is 0 Å². The van der Waals surface area contributed by atoms with Crippen molar-refractivity contribution in [2.75, 3.05) is 13.6 Å². The molecule has 1 rings (SSSR count). The first-order valence-electron chi connectivity index (χ1n) is 5.89. The first-order valence-corrected chi connectivity index (χ1v) is 6.27. The molecule has 1 aromatic carbocycles. The van der Waals surface area contributed by atoms with Crippen molar-refractivity contribution in [2.45, 2.75) is 19.4 Å². The first kappa shape index (κ1) is 15.3. The number of nitrogens with one attached hydrogen (secondary N) is 1. The maximum atomic E-state index is 11.8. The summed E-state index contributed by atoms with van der Waals surface area (Å²) in [6.07, 6.45) is -0.0921. The number of amides is 2. The number of halogens is 1. The Kier molecular flexibility index (Phi) is 5.63. The minimum absolute atomic E-state index is 0.0921. The predicted molar refractivity (Wildman–Crippen MR) is 73.3 cm³/mol. The van der Waals surface area contributed by atoms with Crippen molar-refractivity contribution in [3.63, 3.8) is 0 Å². The minimum atomic E-state index is -0.939. The number of carboxylic acid groups (broad SMARTS) is 1. The SMILES string of the molecule is CC(c1cccc(Cl)c1)N(C)C(=O)NCCC(=O)O. The van der Waals surface area contributed by atoms with Gasteiger partial charge in [0.15, 0.2) is 0 Å². The molecule has 0 spiro atoms. The van der Waals surface area contributed by atoms with Crippen LogP contribution in [0.2, 0.25) is 5.02 Å². The van der Waals surface area contributed by atoms with Crippen molar-refractivity contribution >= 4 is 23.6 Å². The van der Waals surface area contributed by atoms with E-state index in [0.29, 0.717) is 5.02 Å². The quantitative estimate of drug-likeness (QED) is 0.873. The number of rotatable bonds is 5. The van der Waals surface area contributed by atoms with Crippen LogP contribution in [0, 0.1) is 0 Å². The summed E-state index contributed by atoms with van der Waals surface area (Å²) in [6.45, 7) is 1.99. The zero-order chi connectivity index (χ0) is 14.4. The van der Waals surface area contributed by atoms with E-state index in [-0.39, 0.29) is 25.0 Å². The van der Waals surface area contributed by atoms with Crippen molar-refractivity contribution in [1.82, 2.24) is 10.2 Å². The molecule has 1 unspecified atom stereocenters. The average Bonchev–Trinajstić information content (AvgIpc) is 2.36. The van der Waals surface area contributed by atoms with E-state index in [0.717, 1.165) is 5.56 Å². The van der Waals surface area contributed by atoms with Crippen LogP contribution in [0.5, 0.6) is 0 Å². The zero-order valence-electron chi connectivity index (χ0n) is 10.9. The lowest BCUT2D eigenvalue weighted by Gasteiger charge is -2.25. The van der Waals surface area contributed by atoms with Crippen molar-refractivity contribution < 1.29 is 14.7 Å². The summed E-state index contributed by atoms with van der Waals surface area (Å²) >= 11 is 5.91. The second kappa shape index (κ2) is 6.99. The lowest BCUT2D eigenvalue weighted by atomic mass is 10.1. The Morgan fingerprint density at radius 1 is 1.47 bits per heavy atom. The van der Waals surface area contributed by atoms with Gasteiger partial charge in [-0.25, -0.2) is 4.79 Å². The molecular weight excluding hydrogens is 268 g/mol. The van der Waals surface area contributed by atoms with Crippen molar-refractivity contribution in [3.8, 4) is 0 Å². The second-order valence-corrected chi connectivity index (χ2v) is 4.65. The molecule has 0 saturated heterocycles. The van der Waals surface area contributed by atoms with Gasteiger partial charge in [0, 0.05) is 18.6 Å². The Morgan fingerprint density at radius 3 is 2.74 bits per heavy atom. The van der Waals surface area contributed by atoms with Gasteiger partial charge in [-0.3, -0.25) is 4.79 Å². The summed E-state index contributed by atoms with van der Waals surface area (Å²) < 4.78 is 0. The topological polar surface area (TPSA) is 69.6 Å². The van der Waals surface area contributed by atoms with E-state index in [4.69, 9.17) is 16.7 Å². The molecule has 0 aromatic heterocycles. The summed E-state index contributed by atoms with van der Waals surface area (Å²) in [4.78, 5) is 23.7. The van der Waals surface area contributed by atoms with Gasteiger partial charge >= 0.3 is 12.0 Å². The fraction of sp³-hybridized carbons (Fsp3) is 0.385. The number of aliphatic carboxylic acids is 1. The maximum absolute atomic E-state index is 11.8. The summed E-state index contributed by atoms with van der Waals surface area (Å²) in [7, 11) is 1.65. The standard InChI is InChI=1S/C13H17ClN2O3/c1-9(10-4-3-5-11(14)8-10)16(2)13(19)15-7-6-12(17)18/h3-5,8-9H,6-7H2,1-2H3,(H,15,19)(H,17,18). The third-order valence-electron chi connectivity index (χ3n) is 2.85. The normalized spacial score (nSPS) is 11.7. The summed E-state index contributed by atoms with van der Waals surface area (Å²) in [6, 6.07) is 6.82. The van der Waals surface area contributed by atoms with Crippen LogP contribution in [-0.4, -0.2) is 35.6 Å². The highest BCUT2D eigenvalue weighted by molar-refractivity contribution is 6.30. The predicted octanol–water partition coefficient (Wildman–Crippen LogP) is 2.52. The minimum Gasteiger partial charge on any atom is -0.481 e. The Bertz CT molecular complexity index is 465. The van der Waals surface area contributed by atoms with Gasteiger partial charge in [-0.15, -0.1) is 0 Å². The molecule has 0 saturated carbocycles. The average molecular weight is 285 g/mol. The number of carbonyl (C=O) groups excluding carboxylic acids is 1. The van der Waals surface area contributed by atoms with Crippen molar-refractivity contribution in [3.05, 3.63) is 34.9 Å². The molecular formula is C13H17ClN2O3. The molecule has 104 valence electrons. The molecule has 5 nitrogen and oxygen atoms in total. The number of nitrogens with zero attached hydrogens (tertiary/aromatic N) is 1. The van der Waals surface area contributed by atoms with E-state index in [2.05, 4.69) is 5.32 Å². The van der Waals surface area contributed by atoms with Gasteiger partial charge in [0.2, 0.25) is 0 Å². The molecule has 0 aliphatic carbocycles. The third-order valence-corrected chi connectivity index (χ3v) is 3.08. The molecule has 0 fully saturated rings. The van der Waals surface area contributed by atoms with Crippen LogP contribution in [0.15, 0.2) is 24.3 Å². The molecule has 0 heterocycles. The van der Waals surface area contributed by atoms with Crippen LogP contribution >= 0.6 is 11.6 Å². The number of carbonyl (C=O) groups is 2. The smallest absolute Gasteiger partial charge is 0.317 e. The number of hydrogen-bond acceptors (Lipinski definition) is 2. The molecule has 1 aromatic rings. The van der Waals surface area contributed by atoms with Gasteiger partial charge in [-0.1, -0.05) is 23.7 Å². The molecule has 0 aliphatic rings. The van der Waals surface area contributed by atoms with Crippen LogP contribution in [-0.2, 0) is 4.79 Å². The van der Waals surface area contributed by atoms with Crippen molar-refractivity contribution in [2.24, 2.45) is 0 Å². The number of hydrogen-bond donors (Lipinski definition) is 2. The highest BCUT2D eigenvalue weighted by Crippen LogP contribution is 2.21. The summed E-state index contributed by atoms with van der Waals surface area (Å²) in [5.41, 5.74) is 0.920. The Balaban J connectivity index is 2.58. The Morgan fingerprint density at radius 2 is 2.16 bits per heavy atom. The third kappa shape index (κ3) is 4.79. The van der Waals surface area contributed by atoms with Gasteiger partial charge < -0.3 is 15.3 Å². The summed E-state index contributed by atoms with van der Waals surface area (Å²) in [5, 5.41) is 11.7. The zero-order valence-corrected chi connectivity index (χ0v) is 11.6. The molecule has 0 aliphatic heterocycles. The molecule has 1 atom stereocenters. The molecule has 19 heavy (non-hydrogen) atoms. The van der Waals surface area contributed by atoms with E-state index in [1.165, 1.54) is 4.90 Å². The van der Waals surface area contributed by atoms with E-state index in [1.807, 2.05) is 19.1 Å². The number of carboxylic acids is 1. The van der Waals surface area contributed by atoms with E-state index >= 15 is 0 Å². The molecule has 0 radical (unpaired) electrons.